The lowest BCUT2D eigenvalue weighted by Crippen LogP contribution is -2.25. The predicted molar refractivity (Wildman–Crippen MR) is 96.6 cm³/mol. The van der Waals surface area contributed by atoms with Crippen molar-refractivity contribution in [1.29, 1.82) is 0 Å². The van der Waals surface area contributed by atoms with Crippen LogP contribution in [0.15, 0.2) is 53.6 Å². The van der Waals surface area contributed by atoms with Gasteiger partial charge in [0.2, 0.25) is 10.0 Å². The Morgan fingerprint density at radius 1 is 1.08 bits per heavy atom. The molecule has 0 saturated carbocycles. The van der Waals surface area contributed by atoms with E-state index in [2.05, 4.69) is 21.9 Å². The second-order valence-corrected chi connectivity index (χ2v) is 7.40. The molecule has 1 amide bonds. The van der Waals surface area contributed by atoms with Gasteiger partial charge in [0.15, 0.2) is 0 Å². The van der Waals surface area contributed by atoms with Crippen LogP contribution < -0.4 is 10.0 Å². The Labute approximate surface area is 148 Å². The highest BCUT2D eigenvalue weighted by atomic mass is 32.2. The predicted octanol–water partition coefficient (Wildman–Crippen LogP) is 2.48. The van der Waals surface area contributed by atoms with Gasteiger partial charge in [0, 0.05) is 18.3 Å². The molecule has 0 bridgehead atoms. The molecule has 0 fully saturated rings. The molecule has 0 atom stereocenters. The zero-order valence-electron chi connectivity index (χ0n) is 14.2. The van der Waals surface area contributed by atoms with Gasteiger partial charge in [-0.1, -0.05) is 25.8 Å². The summed E-state index contributed by atoms with van der Waals surface area (Å²) in [6.45, 7) is 2.80. The minimum atomic E-state index is -3.53. The molecule has 0 aliphatic carbocycles. The molecule has 6 nitrogen and oxygen atoms in total. The van der Waals surface area contributed by atoms with E-state index in [0.717, 1.165) is 25.0 Å². The molecule has 0 saturated heterocycles. The summed E-state index contributed by atoms with van der Waals surface area (Å²) in [5.74, 6) is -0.273. The fourth-order valence-electron chi connectivity index (χ4n) is 2.23. The average molecular weight is 361 g/mol. The van der Waals surface area contributed by atoms with E-state index in [-0.39, 0.29) is 10.8 Å². The van der Waals surface area contributed by atoms with Gasteiger partial charge in [-0.25, -0.2) is 13.1 Å². The van der Waals surface area contributed by atoms with Gasteiger partial charge in [0.1, 0.15) is 0 Å². The number of hydrogen-bond acceptors (Lipinski definition) is 4. The summed E-state index contributed by atoms with van der Waals surface area (Å²) in [7, 11) is -3.53. The van der Waals surface area contributed by atoms with Gasteiger partial charge >= 0.3 is 0 Å². The van der Waals surface area contributed by atoms with E-state index in [1.54, 1.807) is 12.3 Å². The fraction of sp³-hybridized carbons (Fsp3) is 0.333. The van der Waals surface area contributed by atoms with Crippen LogP contribution in [-0.2, 0) is 16.6 Å². The molecule has 7 heteroatoms. The zero-order chi connectivity index (χ0) is 18.1. The summed E-state index contributed by atoms with van der Waals surface area (Å²) in [5.41, 5.74) is 1.16. The topological polar surface area (TPSA) is 88.2 Å². The highest BCUT2D eigenvalue weighted by molar-refractivity contribution is 7.89. The number of nitrogens with one attached hydrogen (secondary N) is 2. The Balaban J connectivity index is 1.93. The van der Waals surface area contributed by atoms with Crippen LogP contribution >= 0.6 is 0 Å². The number of amides is 1. The van der Waals surface area contributed by atoms with Crippen molar-refractivity contribution in [3.8, 4) is 0 Å². The number of carbonyl (C=O) groups excluding carboxylic acids is 1. The van der Waals surface area contributed by atoms with Gasteiger partial charge in [-0.05, 0) is 42.8 Å². The number of unbranched alkanes of at least 4 members (excludes halogenated alkanes) is 2. The molecule has 0 radical (unpaired) electrons. The van der Waals surface area contributed by atoms with Gasteiger partial charge in [0.25, 0.3) is 5.91 Å². The maximum atomic E-state index is 12.2. The third-order valence-electron chi connectivity index (χ3n) is 3.66. The Hall–Kier alpha value is -2.25. The largest absolute Gasteiger partial charge is 0.346 e. The molecule has 1 aromatic carbocycles. The summed E-state index contributed by atoms with van der Waals surface area (Å²) in [5, 5.41) is 2.76. The third-order valence-corrected chi connectivity index (χ3v) is 5.13. The van der Waals surface area contributed by atoms with E-state index >= 15 is 0 Å². The van der Waals surface area contributed by atoms with Crippen LogP contribution in [-0.4, -0.2) is 25.9 Å². The van der Waals surface area contributed by atoms with E-state index in [9.17, 15) is 13.2 Å². The second kappa shape index (κ2) is 9.29. The van der Waals surface area contributed by atoms with E-state index < -0.39 is 10.0 Å². The highest BCUT2D eigenvalue weighted by Crippen LogP contribution is 2.11. The van der Waals surface area contributed by atoms with Crippen LogP contribution in [0.3, 0.4) is 0 Å². The van der Waals surface area contributed by atoms with Crippen molar-refractivity contribution >= 4 is 15.9 Å². The van der Waals surface area contributed by atoms with Crippen LogP contribution in [0.5, 0.6) is 0 Å². The molecule has 134 valence electrons. The lowest BCUT2D eigenvalue weighted by molar-refractivity contribution is 0.0950. The molecule has 1 heterocycles. The fourth-order valence-corrected chi connectivity index (χ4v) is 3.30. The minimum Gasteiger partial charge on any atom is -0.346 e. The summed E-state index contributed by atoms with van der Waals surface area (Å²) in [6.07, 6.45) is 4.49. The molecule has 2 N–H and O–H groups in total. The van der Waals surface area contributed by atoms with Crippen molar-refractivity contribution in [3.05, 3.63) is 59.9 Å². The molecule has 2 rings (SSSR count). The first kappa shape index (κ1) is 19.1. The smallest absolute Gasteiger partial charge is 0.251 e. The Bertz CT molecular complexity index is 775. The van der Waals surface area contributed by atoms with Crippen LogP contribution in [0, 0.1) is 0 Å². The normalized spacial score (nSPS) is 11.2. The van der Waals surface area contributed by atoms with Crippen LogP contribution in [0.4, 0.5) is 0 Å². The molecule has 1 aromatic heterocycles. The lowest BCUT2D eigenvalue weighted by atomic mass is 10.2. The van der Waals surface area contributed by atoms with Crippen LogP contribution in [0.25, 0.3) is 0 Å². The first-order chi connectivity index (χ1) is 12.0. The monoisotopic (exact) mass is 361 g/mol. The SMILES string of the molecule is CCCCCNS(=O)(=O)c1ccc(C(=O)NCc2ccccn2)cc1. The Morgan fingerprint density at radius 3 is 2.48 bits per heavy atom. The number of hydrogen-bond donors (Lipinski definition) is 2. The number of pyridine rings is 1. The molecule has 0 spiro atoms. The molecule has 0 aliphatic rings. The highest BCUT2D eigenvalue weighted by Gasteiger charge is 2.14. The number of aromatic nitrogens is 1. The van der Waals surface area contributed by atoms with Crippen molar-refractivity contribution in [2.24, 2.45) is 0 Å². The van der Waals surface area contributed by atoms with Crippen molar-refractivity contribution in [2.45, 2.75) is 37.6 Å². The molecular formula is C18H23N3O3S. The average Bonchev–Trinajstić information content (AvgIpc) is 2.64. The number of carbonyl (C=O) groups is 1. The summed E-state index contributed by atoms with van der Waals surface area (Å²) in [4.78, 5) is 16.4. The third kappa shape index (κ3) is 5.95. The van der Waals surface area contributed by atoms with Gasteiger partial charge < -0.3 is 5.32 Å². The molecule has 25 heavy (non-hydrogen) atoms. The van der Waals surface area contributed by atoms with E-state index in [4.69, 9.17) is 0 Å². The van der Waals surface area contributed by atoms with E-state index in [1.165, 1.54) is 24.3 Å². The first-order valence-electron chi connectivity index (χ1n) is 8.31. The number of nitrogens with zero attached hydrogens (tertiary/aromatic N) is 1. The summed E-state index contributed by atoms with van der Waals surface area (Å²) < 4.78 is 26.9. The van der Waals surface area contributed by atoms with Gasteiger partial charge in [0.05, 0.1) is 17.1 Å². The lowest BCUT2D eigenvalue weighted by Gasteiger charge is -2.08. The zero-order valence-corrected chi connectivity index (χ0v) is 15.1. The summed E-state index contributed by atoms with van der Waals surface area (Å²) >= 11 is 0. The molecule has 0 unspecified atom stereocenters. The summed E-state index contributed by atoms with van der Waals surface area (Å²) in [6, 6.07) is 11.4. The van der Waals surface area contributed by atoms with Gasteiger partial charge in [-0.15, -0.1) is 0 Å². The standard InChI is InChI=1S/C18H23N3O3S/c1-2-3-5-13-21-25(23,24)17-10-8-15(9-11-17)18(22)20-14-16-7-4-6-12-19-16/h4,6-12,21H,2-3,5,13-14H2,1H3,(H,20,22). The van der Waals surface area contributed by atoms with Crippen LogP contribution in [0.2, 0.25) is 0 Å². The van der Waals surface area contributed by atoms with Crippen LogP contribution in [0.1, 0.15) is 42.2 Å². The minimum absolute atomic E-state index is 0.158. The van der Waals surface area contributed by atoms with E-state index in [0.29, 0.717) is 18.7 Å². The van der Waals surface area contributed by atoms with Crippen molar-refractivity contribution in [3.63, 3.8) is 0 Å². The van der Waals surface area contributed by atoms with Gasteiger partial charge in [-0.3, -0.25) is 9.78 Å². The quantitative estimate of drug-likeness (QED) is 0.672. The second-order valence-electron chi connectivity index (χ2n) is 5.63. The van der Waals surface area contributed by atoms with Crippen molar-refractivity contribution in [1.82, 2.24) is 15.0 Å². The number of sulfonamides is 1. The first-order valence-corrected chi connectivity index (χ1v) is 9.79. The number of rotatable bonds is 9. The van der Waals surface area contributed by atoms with Crippen molar-refractivity contribution in [2.75, 3.05) is 6.54 Å². The number of benzene rings is 1. The van der Waals surface area contributed by atoms with E-state index in [1.807, 2.05) is 12.1 Å². The maximum Gasteiger partial charge on any atom is 0.251 e. The van der Waals surface area contributed by atoms with Crippen molar-refractivity contribution < 1.29 is 13.2 Å². The van der Waals surface area contributed by atoms with Gasteiger partial charge in [-0.2, -0.15) is 0 Å². The molecule has 0 aliphatic heterocycles. The Kier molecular flexibility index (Phi) is 7.09. The molecule has 2 aromatic rings. The molecular weight excluding hydrogens is 338 g/mol. The Morgan fingerprint density at radius 2 is 1.84 bits per heavy atom. The maximum absolute atomic E-state index is 12.2.